The Bertz CT molecular complexity index is 357. The Labute approximate surface area is 108 Å². The van der Waals surface area contributed by atoms with E-state index in [0.717, 1.165) is 38.9 Å². The highest BCUT2D eigenvalue weighted by molar-refractivity contribution is 5.76. The van der Waals surface area contributed by atoms with Crippen LogP contribution in [0.15, 0.2) is 18.5 Å². The van der Waals surface area contributed by atoms with Crippen LogP contribution in [-0.2, 0) is 11.3 Å². The predicted molar refractivity (Wildman–Crippen MR) is 70.1 cm³/mol. The molecule has 0 unspecified atom stereocenters. The van der Waals surface area contributed by atoms with Crippen LogP contribution < -0.4 is 5.32 Å². The number of carbonyl (C=O) groups is 1. The second kappa shape index (κ2) is 6.54. The van der Waals surface area contributed by atoms with E-state index in [-0.39, 0.29) is 5.91 Å². The van der Waals surface area contributed by atoms with Gasteiger partial charge in [0.25, 0.3) is 0 Å². The van der Waals surface area contributed by atoms with E-state index in [9.17, 15) is 4.79 Å². The maximum absolute atomic E-state index is 12.3. The van der Waals surface area contributed by atoms with Crippen LogP contribution in [0.4, 0.5) is 0 Å². The Balaban J connectivity index is 1.97. The van der Waals surface area contributed by atoms with Crippen molar-refractivity contribution in [2.45, 2.75) is 38.8 Å². The van der Waals surface area contributed by atoms with Crippen molar-refractivity contribution in [3.63, 3.8) is 0 Å². The van der Waals surface area contributed by atoms with Gasteiger partial charge in [0, 0.05) is 25.0 Å². The van der Waals surface area contributed by atoms with Crippen molar-refractivity contribution in [2.24, 2.45) is 0 Å². The molecule has 18 heavy (non-hydrogen) atoms. The van der Waals surface area contributed by atoms with E-state index in [0.29, 0.717) is 12.6 Å². The third kappa shape index (κ3) is 3.32. The zero-order chi connectivity index (χ0) is 12.8. The highest BCUT2D eigenvalue weighted by atomic mass is 16.2. The number of hydrogen-bond donors (Lipinski definition) is 1. The molecular formula is C13H22N4O. The molecule has 1 saturated heterocycles. The smallest absolute Gasteiger partial charge is 0.244 e. The maximum atomic E-state index is 12.3. The topological polar surface area (TPSA) is 50.2 Å². The number of amides is 1. The van der Waals surface area contributed by atoms with E-state index < -0.39 is 0 Å². The molecule has 0 aromatic carbocycles. The van der Waals surface area contributed by atoms with Crippen LogP contribution in [-0.4, -0.2) is 46.3 Å². The lowest BCUT2D eigenvalue weighted by atomic mass is 10.0. The second-order valence-corrected chi connectivity index (χ2v) is 4.77. The quantitative estimate of drug-likeness (QED) is 0.844. The lowest BCUT2D eigenvalue weighted by molar-refractivity contribution is -0.135. The molecule has 1 fully saturated rings. The molecule has 1 aromatic heterocycles. The molecule has 5 nitrogen and oxygen atoms in total. The molecule has 1 N–H and O–H groups in total. The van der Waals surface area contributed by atoms with Gasteiger partial charge in [0.1, 0.15) is 6.54 Å². The summed E-state index contributed by atoms with van der Waals surface area (Å²) >= 11 is 0. The van der Waals surface area contributed by atoms with Crippen molar-refractivity contribution in [3.05, 3.63) is 18.5 Å². The van der Waals surface area contributed by atoms with Crippen molar-refractivity contribution in [1.29, 1.82) is 0 Å². The first-order chi connectivity index (χ1) is 8.81. The second-order valence-electron chi connectivity index (χ2n) is 4.77. The zero-order valence-electron chi connectivity index (χ0n) is 11.0. The fourth-order valence-corrected chi connectivity index (χ4v) is 2.49. The average molecular weight is 250 g/mol. The van der Waals surface area contributed by atoms with Gasteiger partial charge in [-0.3, -0.25) is 9.48 Å². The summed E-state index contributed by atoms with van der Waals surface area (Å²) in [6, 6.07) is 2.25. The Morgan fingerprint density at radius 2 is 2.28 bits per heavy atom. The van der Waals surface area contributed by atoms with Crippen molar-refractivity contribution in [2.75, 3.05) is 19.6 Å². The summed E-state index contributed by atoms with van der Waals surface area (Å²) in [6.07, 6.45) is 6.68. The maximum Gasteiger partial charge on any atom is 0.244 e. The fourth-order valence-electron chi connectivity index (χ4n) is 2.49. The number of rotatable bonds is 5. The van der Waals surface area contributed by atoms with Gasteiger partial charge in [-0.15, -0.1) is 0 Å². The first kappa shape index (κ1) is 13.1. The van der Waals surface area contributed by atoms with Crippen molar-refractivity contribution >= 4 is 5.91 Å². The van der Waals surface area contributed by atoms with Gasteiger partial charge in [-0.2, -0.15) is 5.10 Å². The largest absolute Gasteiger partial charge is 0.338 e. The van der Waals surface area contributed by atoms with Crippen molar-refractivity contribution in [3.8, 4) is 0 Å². The van der Waals surface area contributed by atoms with Gasteiger partial charge in [-0.05, 0) is 38.4 Å². The molecule has 0 aliphatic carbocycles. The van der Waals surface area contributed by atoms with E-state index in [4.69, 9.17) is 0 Å². The normalized spacial score (nSPS) is 16.7. The fraction of sp³-hybridized carbons (Fsp3) is 0.692. The standard InChI is InChI=1S/C13H22N4O/c1-2-9-17(12-4-7-14-8-5-12)13(18)11-16-10-3-6-15-16/h3,6,10,12,14H,2,4-5,7-9,11H2,1H3. The lowest BCUT2D eigenvalue weighted by Gasteiger charge is -2.34. The van der Waals surface area contributed by atoms with Crippen molar-refractivity contribution < 1.29 is 4.79 Å². The van der Waals surface area contributed by atoms with Gasteiger partial charge < -0.3 is 10.2 Å². The Morgan fingerprint density at radius 1 is 1.50 bits per heavy atom. The van der Waals surface area contributed by atoms with Gasteiger partial charge in [0.2, 0.25) is 5.91 Å². The summed E-state index contributed by atoms with van der Waals surface area (Å²) in [5, 5.41) is 7.44. The first-order valence-electron chi connectivity index (χ1n) is 6.79. The van der Waals surface area contributed by atoms with Crippen LogP contribution in [0, 0.1) is 0 Å². The molecule has 2 heterocycles. The molecule has 1 aromatic rings. The minimum Gasteiger partial charge on any atom is -0.338 e. The molecule has 0 saturated carbocycles. The molecule has 1 aliphatic rings. The molecule has 1 amide bonds. The number of nitrogens with zero attached hydrogens (tertiary/aromatic N) is 3. The van der Waals surface area contributed by atoms with E-state index in [1.54, 1.807) is 10.9 Å². The molecule has 0 spiro atoms. The molecule has 100 valence electrons. The summed E-state index contributed by atoms with van der Waals surface area (Å²) < 4.78 is 1.70. The average Bonchev–Trinajstić information content (AvgIpc) is 2.89. The van der Waals surface area contributed by atoms with Gasteiger partial charge >= 0.3 is 0 Å². The van der Waals surface area contributed by atoms with Gasteiger partial charge in [0.15, 0.2) is 0 Å². The molecule has 2 rings (SSSR count). The number of aromatic nitrogens is 2. The van der Waals surface area contributed by atoms with Gasteiger partial charge in [-0.25, -0.2) is 0 Å². The van der Waals surface area contributed by atoms with E-state index in [2.05, 4.69) is 17.3 Å². The Hall–Kier alpha value is -1.36. The minimum absolute atomic E-state index is 0.187. The van der Waals surface area contributed by atoms with E-state index >= 15 is 0 Å². The highest BCUT2D eigenvalue weighted by Gasteiger charge is 2.24. The van der Waals surface area contributed by atoms with Crippen LogP contribution in [0.3, 0.4) is 0 Å². The van der Waals surface area contributed by atoms with E-state index in [1.165, 1.54) is 0 Å². The monoisotopic (exact) mass is 250 g/mol. The van der Waals surface area contributed by atoms with Crippen LogP contribution in [0.5, 0.6) is 0 Å². The molecule has 0 radical (unpaired) electrons. The summed E-state index contributed by atoms with van der Waals surface area (Å²) in [5.41, 5.74) is 0. The molecule has 0 atom stereocenters. The van der Waals surface area contributed by atoms with Crippen LogP contribution in [0.2, 0.25) is 0 Å². The summed E-state index contributed by atoms with van der Waals surface area (Å²) in [6.45, 7) is 5.36. The van der Waals surface area contributed by atoms with Crippen LogP contribution in [0.25, 0.3) is 0 Å². The number of nitrogens with one attached hydrogen (secondary N) is 1. The highest BCUT2D eigenvalue weighted by Crippen LogP contribution is 2.13. The lowest BCUT2D eigenvalue weighted by Crippen LogP contribution is -2.47. The number of hydrogen-bond acceptors (Lipinski definition) is 3. The third-order valence-electron chi connectivity index (χ3n) is 3.39. The summed E-state index contributed by atoms with van der Waals surface area (Å²) in [4.78, 5) is 14.4. The molecule has 1 aliphatic heterocycles. The minimum atomic E-state index is 0.187. The molecule has 5 heteroatoms. The SMILES string of the molecule is CCCN(C(=O)Cn1cccn1)C1CCNCC1. The van der Waals surface area contributed by atoms with E-state index in [1.807, 2.05) is 17.2 Å². The predicted octanol–water partition coefficient (Wildman–Crippen LogP) is 0.874. The number of piperidine rings is 1. The molecular weight excluding hydrogens is 228 g/mol. The van der Waals surface area contributed by atoms with Gasteiger partial charge in [0.05, 0.1) is 0 Å². The molecule has 0 bridgehead atoms. The van der Waals surface area contributed by atoms with Crippen LogP contribution >= 0.6 is 0 Å². The van der Waals surface area contributed by atoms with Gasteiger partial charge in [-0.1, -0.05) is 6.92 Å². The summed E-state index contributed by atoms with van der Waals surface area (Å²) in [5.74, 6) is 0.187. The van der Waals surface area contributed by atoms with Crippen molar-refractivity contribution in [1.82, 2.24) is 20.0 Å². The first-order valence-corrected chi connectivity index (χ1v) is 6.79. The zero-order valence-corrected chi connectivity index (χ0v) is 11.0. The van der Waals surface area contributed by atoms with Crippen LogP contribution in [0.1, 0.15) is 26.2 Å². The number of carbonyl (C=O) groups excluding carboxylic acids is 1. The summed E-state index contributed by atoms with van der Waals surface area (Å²) in [7, 11) is 0. The third-order valence-corrected chi connectivity index (χ3v) is 3.39. The Morgan fingerprint density at radius 3 is 2.89 bits per heavy atom. The Kier molecular flexibility index (Phi) is 4.75.